The van der Waals surface area contributed by atoms with Crippen molar-refractivity contribution in [3.05, 3.63) is 200 Å². The average molecular weight is 1150 g/mol. The van der Waals surface area contributed by atoms with Crippen LogP contribution in [0.5, 0.6) is 11.5 Å². The zero-order valence-corrected chi connectivity index (χ0v) is 47.4. The van der Waals surface area contributed by atoms with Crippen LogP contribution in [-0.2, 0) is 25.1 Å². The smallest absolute Gasteiger partial charge is 0.494 e. The van der Waals surface area contributed by atoms with E-state index in [1.165, 1.54) is 128 Å². The van der Waals surface area contributed by atoms with Gasteiger partial charge in [0.15, 0.2) is 5.75 Å². The number of halogens is 3. The van der Waals surface area contributed by atoms with Gasteiger partial charge >= 0.3 is 30.6 Å². The van der Waals surface area contributed by atoms with Crippen LogP contribution in [0.3, 0.4) is 0 Å². The van der Waals surface area contributed by atoms with E-state index in [2.05, 4.69) is 36.5 Å². The third kappa shape index (κ3) is 15.0. The zero-order chi connectivity index (χ0) is 62.1. The summed E-state index contributed by atoms with van der Waals surface area (Å²) in [5, 5.41) is 9.37. The number of methoxy groups -OCH3 is 1. The number of nitrogens with zero attached hydrogens (tertiary/aromatic N) is 5. The predicted molar refractivity (Wildman–Crippen MR) is 310 cm³/mol. The number of fused-ring (bicyclic) bond motifs is 1. The van der Waals surface area contributed by atoms with Crippen LogP contribution in [-0.4, -0.2) is 71.7 Å². The highest BCUT2D eigenvalue weighted by atomic mass is 19.4. The third-order valence-electron chi connectivity index (χ3n) is 12.4. The van der Waals surface area contributed by atoms with Gasteiger partial charge in [-0.05, 0) is 164 Å². The fourth-order valence-corrected chi connectivity index (χ4v) is 7.41. The second-order valence-electron chi connectivity index (χ2n) is 20.6. The second-order valence-corrected chi connectivity index (χ2v) is 20.6. The SMILES string of the molecule is C=CC(C)(C)OC(=O)Oc1c(C(=O)N(C(=O)OC(C)(C)C=C)c2ccc(N(C(=O)OC(C)(C)C=C)C(=O)c3ccccc3)cc2)cc2ccccc2c1N=Nc1ccc(C(=O)N(C(=O)OC(C)(C)C=C)c2cccc(C(F)(F)F)c2)cc1OC. The number of imide groups is 3. The quantitative estimate of drug-likeness (QED) is 0.0258. The Labute approximate surface area is 482 Å². The van der Waals surface area contributed by atoms with E-state index in [9.17, 15) is 41.9 Å². The standard InChI is InChI=1S/C63H60F3N5O13/c1-14-59(5,6)81-55(75)69(52(72)39-24-19-18-20-25-39)43-31-33-44(34-32-43)70(56(76)82-60(7,8)15-2)54(74)47-36-40-26-21-22-29-46(40)50(51(47)80-58(78)84-62(11,12)17-4)68-67-48-35-30-41(37-49(48)79-13)53(73)71(57(77)83-61(9,10)16-3)45-28-23-27-42(38-45)63(64,65)66/h14-38H,1-4H2,5-13H3. The molecule has 0 radical (unpaired) electrons. The Morgan fingerprint density at radius 2 is 0.964 bits per heavy atom. The molecule has 0 bridgehead atoms. The lowest BCUT2D eigenvalue weighted by atomic mass is 10.0. The average Bonchev–Trinajstić information content (AvgIpc) is 1.51. The number of hydrogen-bond acceptors (Lipinski definition) is 15. The summed E-state index contributed by atoms with van der Waals surface area (Å²) in [5.41, 5.74) is -8.34. The summed E-state index contributed by atoms with van der Waals surface area (Å²) >= 11 is 0. The van der Waals surface area contributed by atoms with Crippen molar-refractivity contribution in [1.82, 2.24) is 0 Å². The van der Waals surface area contributed by atoms with E-state index >= 15 is 4.79 Å². The summed E-state index contributed by atoms with van der Waals surface area (Å²) in [6.07, 6.45) is -4.67. The number of benzene rings is 6. The van der Waals surface area contributed by atoms with Crippen molar-refractivity contribution >= 4 is 81.4 Å². The fraction of sp³-hybridized carbons (Fsp3) is 0.222. The number of carbonyl (C=O) groups excluding carboxylic acids is 7. The first-order chi connectivity index (χ1) is 39.4. The Morgan fingerprint density at radius 1 is 0.488 bits per heavy atom. The number of anilines is 3. The first-order valence-corrected chi connectivity index (χ1v) is 25.5. The van der Waals surface area contributed by atoms with Crippen molar-refractivity contribution in [3.8, 4) is 11.5 Å². The molecule has 0 aliphatic heterocycles. The lowest BCUT2D eigenvalue weighted by Gasteiger charge is -2.29. The number of azo groups is 1. The summed E-state index contributed by atoms with van der Waals surface area (Å²) < 4.78 is 75.8. The molecule has 0 heterocycles. The molecule has 0 saturated heterocycles. The van der Waals surface area contributed by atoms with Crippen LogP contribution >= 0.6 is 0 Å². The van der Waals surface area contributed by atoms with Crippen LogP contribution < -0.4 is 24.2 Å². The third-order valence-corrected chi connectivity index (χ3v) is 12.4. The van der Waals surface area contributed by atoms with E-state index < -0.39 is 93.3 Å². The Morgan fingerprint density at radius 3 is 1.48 bits per heavy atom. The number of rotatable bonds is 18. The molecule has 0 saturated carbocycles. The fourth-order valence-electron chi connectivity index (χ4n) is 7.41. The van der Waals surface area contributed by atoms with E-state index in [1.807, 2.05) is 0 Å². The molecule has 0 fully saturated rings. The summed E-state index contributed by atoms with van der Waals surface area (Å²) in [5.74, 6) is -3.90. The Kier molecular flexibility index (Phi) is 19.0. The maximum Gasteiger partial charge on any atom is 0.514 e. The molecule has 84 heavy (non-hydrogen) atoms. The van der Waals surface area contributed by atoms with Gasteiger partial charge in [-0.25, -0.2) is 33.9 Å². The van der Waals surface area contributed by atoms with Gasteiger partial charge in [-0.15, -0.1) is 10.2 Å². The maximum atomic E-state index is 15.5. The van der Waals surface area contributed by atoms with E-state index in [-0.39, 0.29) is 50.4 Å². The molecule has 0 atom stereocenters. The Bertz CT molecular complexity index is 3610. The highest BCUT2D eigenvalue weighted by Gasteiger charge is 2.38. The minimum absolute atomic E-state index is 0.0504. The molecule has 0 aliphatic rings. The van der Waals surface area contributed by atoms with Gasteiger partial charge in [-0.2, -0.15) is 13.2 Å². The number of hydrogen-bond donors (Lipinski definition) is 0. The van der Waals surface area contributed by atoms with Gasteiger partial charge in [0.05, 0.1) is 35.3 Å². The lowest BCUT2D eigenvalue weighted by Crippen LogP contribution is -2.42. The van der Waals surface area contributed by atoms with Gasteiger partial charge in [0.25, 0.3) is 17.7 Å². The van der Waals surface area contributed by atoms with Crippen molar-refractivity contribution in [3.63, 3.8) is 0 Å². The van der Waals surface area contributed by atoms with Gasteiger partial charge in [0, 0.05) is 16.5 Å². The molecule has 6 aromatic rings. The van der Waals surface area contributed by atoms with Crippen LogP contribution in [0.15, 0.2) is 188 Å². The molecule has 0 aromatic heterocycles. The van der Waals surface area contributed by atoms with Gasteiger partial charge in [0.1, 0.15) is 39.5 Å². The Hall–Kier alpha value is -10.2. The highest BCUT2D eigenvalue weighted by molar-refractivity contribution is 6.23. The van der Waals surface area contributed by atoms with Crippen molar-refractivity contribution < 1.29 is 75.2 Å². The topological polar surface area (TPSA) is 209 Å². The second kappa shape index (κ2) is 25.3. The summed E-state index contributed by atoms with van der Waals surface area (Å²) in [6, 6.07) is 27.6. The van der Waals surface area contributed by atoms with E-state index in [0.29, 0.717) is 15.9 Å². The van der Waals surface area contributed by atoms with E-state index in [0.717, 1.165) is 29.2 Å². The molecule has 6 rings (SSSR count). The minimum atomic E-state index is -4.85. The molecule has 0 N–H and O–H groups in total. The largest absolute Gasteiger partial charge is 0.514 e. The molecular formula is C63H60F3N5O13. The van der Waals surface area contributed by atoms with Crippen LogP contribution in [0, 0.1) is 0 Å². The van der Waals surface area contributed by atoms with Crippen LogP contribution in [0.2, 0.25) is 0 Å². The zero-order valence-electron chi connectivity index (χ0n) is 47.4. The van der Waals surface area contributed by atoms with Gasteiger partial charge in [-0.3, -0.25) is 14.4 Å². The molecule has 0 unspecified atom stereocenters. The van der Waals surface area contributed by atoms with E-state index in [4.69, 9.17) is 28.4 Å². The van der Waals surface area contributed by atoms with E-state index in [1.54, 1.807) is 56.3 Å². The molecule has 6 amide bonds. The summed E-state index contributed by atoms with van der Waals surface area (Å²) in [7, 11) is 1.20. The normalized spacial score (nSPS) is 11.8. The van der Waals surface area contributed by atoms with Crippen LogP contribution in [0.25, 0.3) is 10.8 Å². The molecular weight excluding hydrogens is 1090 g/mol. The minimum Gasteiger partial charge on any atom is -0.494 e. The van der Waals surface area contributed by atoms with Crippen LogP contribution in [0.1, 0.15) is 92.0 Å². The summed E-state index contributed by atoms with van der Waals surface area (Å²) in [6.45, 7) is 26.7. The first kappa shape index (κ1) is 63.0. The predicted octanol–water partition coefficient (Wildman–Crippen LogP) is 16.0. The Balaban J connectivity index is 1.53. The van der Waals surface area contributed by atoms with Crippen molar-refractivity contribution in [2.24, 2.45) is 10.2 Å². The van der Waals surface area contributed by atoms with Crippen molar-refractivity contribution in [2.45, 2.75) is 84.0 Å². The first-order valence-electron chi connectivity index (χ1n) is 25.5. The molecule has 0 aliphatic carbocycles. The maximum absolute atomic E-state index is 15.5. The molecule has 436 valence electrons. The molecule has 21 heteroatoms. The summed E-state index contributed by atoms with van der Waals surface area (Å²) in [4.78, 5) is 102. The van der Waals surface area contributed by atoms with Gasteiger partial charge < -0.3 is 28.4 Å². The van der Waals surface area contributed by atoms with Gasteiger partial charge in [-0.1, -0.05) is 74.8 Å². The lowest BCUT2D eigenvalue weighted by molar-refractivity contribution is -0.137. The van der Waals surface area contributed by atoms with Gasteiger partial charge in [0.2, 0.25) is 0 Å². The number of amides is 6. The van der Waals surface area contributed by atoms with Crippen molar-refractivity contribution in [1.29, 1.82) is 0 Å². The number of alkyl halides is 3. The molecule has 6 aromatic carbocycles. The highest BCUT2D eigenvalue weighted by Crippen LogP contribution is 2.44. The monoisotopic (exact) mass is 1150 g/mol. The van der Waals surface area contributed by atoms with Crippen molar-refractivity contribution in [2.75, 3.05) is 21.8 Å². The molecule has 18 nitrogen and oxygen atoms in total. The van der Waals surface area contributed by atoms with Crippen LogP contribution in [0.4, 0.5) is 60.8 Å². The molecule has 0 spiro atoms. The number of carbonyl (C=O) groups is 7. The number of ether oxygens (including phenoxy) is 6.